The van der Waals surface area contributed by atoms with Crippen molar-refractivity contribution in [2.45, 2.75) is 38.8 Å². The molecule has 0 aliphatic carbocycles. The molecule has 2 N–H and O–H groups in total. The lowest BCUT2D eigenvalue weighted by Gasteiger charge is -2.32. The number of carbonyl (C=O) groups excluding carboxylic acids is 1. The molecule has 0 radical (unpaired) electrons. The SMILES string of the molecule is CCCc1cc(C#N)cc2nc(-c3ccc(C(=O)NNCC4CCN(c5nccc(C(F)(F)F)n5)CC4)cc3)oc12. The van der Waals surface area contributed by atoms with Gasteiger partial charge in [-0.1, -0.05) is 13.3 Å². The Hall–Kier alpha value is -4.50. The smallest absolute Gasteiger partial charge is 0.433 e. The molecule has 2 aromatic heterocycles. The maximum atomic E-state index is 13.0. The molecule has 1 amide bonds. The molecule has 4 aromatic rings. The minimum Gasteiger partial charge on any atom is -0.436 e. The van der Waals surface area contributed by atoms with Crippen LogP contribution in [0.15, 0.2) is 53.1 Å². The van der Waals surface area contributed by atoms with Crippen molar-refractivity contribution in [1.29, 1.82) is 5.26 Å². The van der Waals surface area contributed by atoms with Crippen molar-refractivity contribution >= 4 is 23.0 Å². The fraction of sp³-hybridized carbons (Fsp3) is 0.345. The van der Waals surface area contributed by atoms with Crippen molar-refractivity contribution in [3.63, 3.8) is 0 Å². The molecule has 5 rings (SSSR count). The van der Waals surface area contributed by atoms with E-state index in [1.54, 1.807) is 35.2 Å². The number of halogens is 3. The molecule has 1 saturated heterocycles. The average molecular weight is 564 g/mol. The number of amides is 1. The first-order valence-electron chi connectivity index (χ1n) is 13.4. The molecule has 3 heterocycles. The Labute approximate surface area is 234 Å². The fourth-order valence-corrected chi connectivity index (χ4v) is 4.85. The Bertz CT molecular complexity index is 1570. The van der Waals surface area contributed by atoms with Crippen molar-refractivity contribution in [3.05, 3.63) is 71.0 Å². The number of aryl methyl sites for hydroxylation is 1. The highest BCUT2D eigenvalue weighted by atomic mass is 19.4. The summed E-state index contributed by atoms with van der Waals surface area (Å²) in [5, 5.41) is 9.33. The Balaban J connectivity index is 1.13. The van der Waals surface area contributed by atoms with Gasteiger partial charge in [-0.15, -0.1) is 0 Å². The van der Waals surface area contributed by atoms with Crippen LogP contribution in [0.2, 0.25) is 0 Å². The number of benzene rings is 2. The zero-order chi connectivity index (χ0) is 29.0. The molecular weight excluding hydrogens is 535 g/mol. The Kier molecular flexibility index (Phi) is 8.16. The number of nitrogens with one attached hydrogen (secondary N) is 2. The summed E-state index contributed by atoms with van der Waals surface area (Å²) in [5.74, 6) is 0.430. The quantitative estimate of drug-likeness (QED) is 0.278. The Morgan fingerprint density at radius 1 is 1.15 bits per heavy atom. The van der Waals surface area contributed by atoms with E-state index in [9.17, 15) is 23.2 Å². The van der Waals surface area contributed by atoms with Crippen molar-refractivity contribution in [1.82, 2.24) is 25.8 Å². The van der Waals surface area contributed by atoms with E-state index in [1.165, 1.54) is 0 Å². The van der Waals surface area contributed by atoms with E-state index in [1.807, 2.05) is 6.07 Å². The number of nitrogens with zero attached hydrogens (tertiary/aromatic N) is 5. The summed E-state index contributed by atoms with van der Waals surface area (Å²) < 4.78 is 44.9. The second-order valence-electron chi connectivity index (χ2n) is 9.95. The zero-order valence-corrected chi connectivity index (χ0v) is 22.3. The molecule has 1 aliphatic heterocycles. The van der Waals surface area contributed by atoms with Gasteiger partial charge in [0.15, 0.2) is 5.58 Å². The van der Waals surface area contributed by atoms with Gasteiger partial charge in [-0.2, -0.15) is 18.4 Å². The van der Waals surface area contributed by atoms with Gasteiger partial charge in [0, 0.05) is 37.0 Å². The first-order valence-corrected chi connectivity index (χ1v) is 13.4. The van der Waals surface area contributed by atoms with Gasteiger partial charge >= 0.3 is 6.18 Å². The Morgan fingerprint density at radius 2 is 1.90 bits per heavy atom. The van der Waals surface area contributed by atoms with E-state index in [-0.39, 0.29) is 17.8 Å². The van der Waals surface area contributed by atoms with Crippen LogP contribution in [0.5, 0.6) is 0 Å². The number of anilines is 1. The predicted octanol–water partition coefficient (Wildman–Crippen LogP) is 5.28. The van der Waals surface area contributed by atoms with Gasteiger partial charge in [0.1, 0.15) is 11.2 Å². The Morgan fingerprint density at radius 3 is 2.59 bits per heavy atom. The number of fused-ring (bicyclic) bond motifs is 1. The van der Waals surface area contributed by atoms with Crippen molar-refractivity contribution < 1.29 is 22.4 Å². The third-order valence-corrected chi connectivity index (χ3v) is 7.03. The van der Waals surface area contributed by atoms with Gasteiger partial charge < -0.3 is 9.32 Å². The van der Waals surface area contributed by atoms with Gasteiger partial charge in [-0.25, -0.2) is 20.4 Å². The highest BCUT2D eigenvalue weighted by Gasteiger charge is 2.33. The van der Waals surface area contributed by atoms with E-state index in [2.05, 4.69) is 38.8 Å². The number of alkyl halides is 3. The minimum absolute atomic E-state index is 0.0779. The largest absolute Gasteiger partial charge is 0.436 e. The molecule has 0 spiro atoms. The average Bonchev–Trinajstić information content (AvgIpc) is 3.42. The van der Waals surface area contributed by atoms with Crippen LogP contribution in [-0.4, -0.2) is 40.5 Å². The number of hydrogen-bond acceptors (Lipinski definition) is 8. The van der Waals surface area contributed by atoms with Crippen LogP contribution in [0, 0.1) is 17.2 Å². The molecule has 9 nitrogen and oxygen atoms in total. The molecule has 1 aliphatic rings. The summed E-state index contributed by atoms with van der Waals surface area (Å²) in [6.07, 6.45) is -0.260. The number of aromatic nitrogens is 3. The van der Waals surface area contributed by atoms with Crippen LogP contribution in [-0.2, 0) is 12.6 Å². The normalized spacial score (nSPS) is 14.3. The number of carbonyl (C=O) groups is 1. The van der Waals surface area contributed by atoms with Crippen LogP contribution in [0.4, 0.5) is 19.1 Å². The lowest BCUT2D eigenvalue weighted by Crippen LogP contribution is -2.43. The van der Waals surface area contributed by atoms with Crippen LogP contribution in [0.25, 0.3) is 22.6 Å². The summed E-state index contributed by atoms with van der Waals surface area (Å²) in [6, 6.07) is 13.4. The molecule has 12 heteroatoms. The highest BCUT2D eigenvalue weighted by molar-refractivity contribution is 5.94. The van der Waals surface area contributed by atoms with Crippen LogP contribution in [0.3, 0.4) is 0 Å². The van der Waals surface area contributed by atoms with E-state index in [0.29, 0.717) is 53.3 Å². The molecule has 0 atom stereocenters. The number of oxazole rings is 1. The fourth-order valence-electron chi connectivity index (χ4n) is 4.85. The summed E-state index contributed by atoms with van der Waals surface area (Å²) in [6.45, 7) is 3.63. The van der Waals surface area contributed by atoms with Crippen molar-refractivity contribution in [3.8, 4) is 17.5 Å². The third-order valence-electron chi connectivity index (χ3n) is 7.03. The third kappa shape index (κ3) is 6.47. The molecular formula is C29H28F3N7O2. The topological polar surface area (TPSA) is 120 Å². The molecule has 0 saturated carbocycles. The van der Waals surface area contributed by atoms with Gasteiger partial charge in [0.25, 0.3) is 5.91 Å². The van der Waals surface area contributed by atoms with Gasteiger partial charge in [0.05, 0.1) is 11.6 Å². The monoisotopic (exact) mass is 563 g/mol. The molecule has 2 aromatic carbocycles. The maximum absolute atomic E-state index is 13.0. The maximum Gasteiger partial charge on any atom is 0.433 e. The zero-order valence-electron chi connectivity index (χ0n) is 22.3. The summed E-state index contributed by atoms with van der Waals surface area (Å²) in [7, 11) is 0. The van der Waals surface area contributed by atoms with Crippen LogP contribution >= 0.6 is 0 Å². The van der Waals surface area contributed by atoms with E-state index in [0.717, 1.165) is 43.5 Å². The number of nitriles is 1. The number of rotatable bonds is 8. The number of piperidine rings is 1. The first kappa shape index (κ1) is 28.0. The summed E-state index contributed by atoms with van der Waals surface area (Å²) in [4.78, 5) is 26.6. The molecule has 0 bridgehead atoms. The predicted molar refractivity (Wildman–Crippen MR) is 146 cm³/mol. The van der Waals surface area contributed by atoms with E-state index >= 15 is 0 Å². The van der Waals surface area contributed by atoms with Crippen molar-refractivity contribution in [2.24, 2.45) is 5.92 Å². The summed E-state index contributed by atoms with van der Waals surface area (Å²) in [5.41, 5.74) is 8.66. The van der Waals surface area contributed by atoms with E-state index < -0.39 is 11.9 Å². The lowest BCUT2D eigenvalue weighted by atomic mass is 9.97. The molecule has 212 valence electrons. The van der Waals surface area contributed by atoms with Gasteiger partial charge in [-0.3, -0.25) is 10.2 Å². The second-order valence-corrected chi connectivity index (χ2v) is 9.95. The first-order chi connectivity index (χ1) is 19.7. The minimum atomic E-state index is -4.51. The molecule has 41 heavy (non-hydrogen) atoms. The van der Waals surface area contributed by atoms with Gasteiger partial charge in [-0.05, 0) is 73.2 Å². The van der Waals surface area contributed by atoms with Gasteiger partial charge in [0.2, 0.25) is 11.8 Å². The molecule has 0 unspecified atom stereocenters. The summed E-state index contributed by atoms with van der Waals surface area (Å²) >= 11 is 0. The number of hydrazine groups is 1. The standard InChI is InChI=1S/C29H28F3N7O2/c1-2-3-22-14-19(16-33)15-23-25(22)41-27(36-23)21-6-4-20(5-7-21)26(40)38-35-17-18-9-12-39(13-10-18)28-34-11-8-24(37-28)29(30,31)32/h4-8,11,14-15,18,35H,2-3,9-10,12-13,17H2,1H3,(H,38,40). The molecule has 1 fully saturated rings. The van der Waals surface area contributed by atoms with Crippen molar-refractivity contribution in [2.75, 3.05) is 24.5 Å². The lowest BCUT2D eigenvalue weighted by molar-refractivity contribution is -0.141. The second kappa shape index (κ2) is 11.9. The van der Waals surface area contributed by atoms with Crippen LogP contribution < -0.4 is 15.8 Å². The highest BCUT2D eigenvalue weighted by Crippen LogP contribution is 2.30. The van der Waals surface area contributed by atoms with E-state index in [4.69, 9.17) is 4.42 Å². The van der Waals surface area contributed by atoms with Crippen LogP contribution in [0.1, 0.15) is 53.4 Å². The number of hydrogen-bond donors (Lipinski definition) is 2.